The molecule has 2 heterocycles. The molecule has 1 fully saturated rings. The topological polar surface area (TPSA) is 182 Å². The Hall–Kier alpha value is -4.10. The number of primary sulfonamides is 1. The Morgan fingerprint density at radius 2 is 1.60 bits per heavy atom. The lowest BCUT2D eigenvalue weighted by Crippen LogP contribution is -2.57. The number of amides is 3. The van der Waals surface area contributed by atoms with Gasteiger partial charge < -0.3 is 20.0 Å². The first kappa shape index (κ1) is 30.8. The first-order valence-electron chi connectivity index (χ1n) is 13.7. The summed E-state index contributed by atoms with van der Waals surface area (Å²) in [5.74, 6) is -2.66. The molecule has 0 aliphatic carbocycles. The van der Waals surface area contributed by atoms with Crippen molar-refractivity contribution in [3.05, 3.63) is 60.0 Å². The second-order valence-corrected chi connectivity index (χ2v) is 12.6. The number of oxazole rings is 1. The number of Topliss-reactive ketones (excluding diaryl/α,β-unsaturated/α-hetero) is 1. The molecule has 3 amide bonds. The highest BCUT2D eigenvalue weighted by Gasteiger charge is 2.40. The number of fused-ring (bicyclic) bond motifs is 1. The lowest BCUT2D eigenvalue weighted by Gasteiger charge is -2.31. The van der Waals surface area contributed by atoms with Gasteiger partial charge in [0, 0.05) is 12.1 Å². The van der Waals surface area contributed by atoms with Crippen LogP contribution in [0.3, 0.4) is 0 Å². The van der Waals surface area contributed by atoms with E-state index in [4.69, 9.17) is 9.56 Å². The minimum atomic E-state index is -3.92. The molecule has 0 radical (unpaired) electrons. The van der Waals surface area contributed by atoms with Crippen molar-refractivity contribution < 1.29 is 32.0 Å². The number of nitrogens with zero attached hydrogens (tertiary/aromatic N) is 2. The Bertz CT molecular complexity index is 1560. The van der Waals surface area contributed by atoms with Crippen LogP contribution in [0.1, 0.15) is 61.6 Å². The zero-order chi connectivity index (χ0) is 30.8. The number of carbonyl (C=O) groups is 4. The average molecular weight is 598 g/mol. The number of para-hydroxylation sites is 2. The van der Waals surface area contributed by atoms with Crippen molar-refractivity contribution in [1.82, 2.24) is 20.5 Å². The number of nitrogens with two attached hydrogens (primary N) is 1. The normalized spacial score (nSPS) is 16.9. The zero-order valence-electron chi connectivity index (χ0n) is 23.9. The standard InChI is InChI=1S/C29H35N5O7S/c1-16(2)23(25(35)28-31-20-8-5-6-10-22(20)41-28)32-27(37)21-9-7-15-34(21)29(38)24(17(3)4)33-26(36)18-11-13-19(14-12-18)42(30,39)40/h5-6,8,10-14,16-17,21,23-24H,7,9,15H2,1-4H3,(H,32,37)(H,33,36)(H2,30,39,40). The number of likely N-dealkylation sites (tertiary alicyclic amines) is 1. The third-order valence-electron chi connectivity index (χ3n) is 7.25. The Labute approximate surface area is 244 Å². The highest BCUT2D eigenvalue weighted by Crippen LogP contribution is 2.23. The number of rotatable bonds is 10. The molecule has 12 nitrogen and oxygen atoms in total. The van der Waals surface area contributed by atoms with Crippen LogP contribution in [-0.2, 0) is 19.6 Å². The van der Waals surface area contributed by atoms with E-state index in [1.807, 2.05) is 0 Å². The molecule has 2 aromatic carbocycles. The summed E-state index contributed by atoms with van der Waals surface area (Å²) in [6, 6.07) is 9.31. The van der Waals surface area contributed by atoms with E-state index in [9.17, 15) is 27.6 Å². The van der Waals surface area contributed by atoms with Gasteiger partial charge in [0.25, 0.3) is 11.8 Å². The maximum Gasteiger partial charge on any atom is 0.266 e. The first-order valence-corrected chi connectivity index (χ1v) is 15.3. The Balaban J connectivity index is 1.47. The van der Waals surface area contributed by atoms with Gasteiger partial charge >= 0.3 is 0 Å². The van der Waals surface area contributed by atoms with Crippen LogP contribution in [0.2, 0.25) is 0 Å². The van der Waals surface area contributed by atoms with Crippen molar-refractivity contribution >= 4 is 44.6 Å². The van der Waals surface area contributed by atoms with Crippen LogP contribution >= 0.6 is 0 Å². The number of carbonyl (C=O) groups excluding carboxylic acids is 4. The monoisotopic (exact) mass is 597 g/mol. The van der Waals surface area contributed by atoms with E-state index in [1.54, 1.807) is 52.0 Å². The molecular formula is C29H35N5O7S. The highest BCUT2D eigenvalue weighted by molar-refractivity contribution is 7.89. The summed E-state index contributed by atoms with van der Waals surface area (Å²) in [6.45, 7) is 7.44. The summed E-state index contributed by atoms with van der Waals surface area (Å²) in [6.07, 6.45) is 0.969. The second-order valence-electron chi connectivity index (χ2n) is 11.0. The van der Waals surface area contributed by atoms with Gasteiger partial charge in [0.15, 0.2) is 5.58 Å². The molecule has 3 unspecified atom stereocenters. The SMILES string of the molecule is CC(C)C(NC(=O)C1CCCN1C(=O)C(NC(=O)c1ccc(S(N)(=O)=O)cc1)C(C)C)C(=O)c1nc2ccccc2o1. The molecule has 0 saturated carbocycles. The van der Waals surface area contributed by atoms with Crippen LogP contribution in [0, 0.1) is 11.8 Å². The van der Waals surface area contributed by atoms with Crippen molar-refractivity contribution in [3.63, 3.8) is 0 Å². The van der Waals surface area contributed by atoms with Gasteiger partial charge in [-0.2, -0.15) is 0 Å². The van der Waals surface area contributed by atoms with E-state index in [0.29, 0.717) is 30.5 Å². The molecule has 1 aliphatic rings. The lowest BCUT2D eigenvalue weighted by atomic mass is 9.98. The molecule has 0 bridgehead atoms. The van der Waals surface area contributed by atoms with Gasteiger partial charge in [0.1, 0.15) is 17.6 Å². The number of benzene rings is 2. The maximum atomic E-state index is 13.7. The van der Waals surface area contributed by atoms with Crippen molar-refractivity contribution in [1.29, 1.82) is 0 Å². The van der Waals surface area contributed by atoms with Crippen LogP contribution < -0.4 is 15.8 Å². The number of hydrogen-bond acceptors (Lipinski definition) is 8. The largest absolute Gasteiger partial charge is 0.434 e. The predicted molar refractivity (Wildman–Crippen MR) is 154 cm³/mol. The molecule has 13 heteroatoms. The van der Waals surface area contributed by atoms with Gasteiger partial charge in [-0.3, -0.25) is 19.2 Å². The van der Waals surface area contributed by atoms with Gasteiger partial charge in [0.2, 0.25) is 27.6 Å². The zero-order valence-corrected chi connectivity index (χ0v) is 24.7. The Morgan fingerprint density at radius 1 is 0.952 bits per heavy atom. The quantitative estimate of drug-likeness (QED) is 0.297. The minimum Gasteiger partial charge on any atom is -0.434 e. The average Bonchev–Trinajstić information content (AvgIpc) is 3.61. The van der Waals surface area contributed by atoms with Crippen LogP contribution in [-0.4, -0.2) is 66.5 Å². The smallest absolute Gasteiger partial charge is 0.266 e. The van der Waals surface area contributed by atoms with Crippen LogP contribution in [0.15, 0.2) is 57.8 Å². The minimum absolute atomic E-state index is 0.103. The van der Waals surface area contributed by atoms with Crippen molar-refractivity contribution in [2.45, 2.75) is 63.6 Å². The molecule has 3 atom stereocenters. The number of sulfonamides is 1. The van der Waals surface area contributed by atoms with Gasteiger partial charge in [0.05, 0.1) is 10.9 Å². The van der Waals surface area contributed by atoms with Crippen LogP contribution in [0.25, 0.3) is 11.1 Å². The molecule has 0 spiro atoms. The molecule has 1 aliphatic heterocycles. The lowest BCUT2D eigenvalue weighted by molar-refractivity contribution is -0.140. The Kier molecular flexibility index (Phi) is 9.12. The van der Waals surface area contributed by atoms with Gasteiger partial charge in [-0.1, -0.05) is 39.8 Å². The van der Waals surface area contributed by atoms with E-state index in [1.165, 1.54) is 29.2 Å². The Morgan fingerprint density at radius 3 is 2.19 bits per heavy atom. The third-order valence-corrected chi connectivity index (χ3v) is 8.18. The van der Waals surface area contributed by atoms with E-state index >= 15 is 0 Å². The maximum absolute atomic E-state index is 13.7. The molecule has 224 valence electrons. The highest BCUT2D eigenvalue weighted by atomic mass is 32.2. The summed E-state index contributed by atoms with van der Waals surface area (Å²) in [4.78, 5) is 59.0. The molecule has 3 aromatic rings. The predicted octanol–water partition coefficient (Wildman–Crippen LogP) is 2.24. The third kappa shape index (κ3) is 6.68. The molecule has 4 rings (SSSR count). The van der Waals surface area contributed by atoms with E-state index in [0.717, 1.165) is 0 Å². The second kappa shape index (κ2) is 12.4. The fraction of sp³-hybridized carbons (Fsp3) is 0.414. The van der Waals surface area contributed by atoms with Gasteiger partial charge in [-0.25, -0.2) is 18.5 Å². The van der Waals surface area contributed by atoms with E-state index in [2.05, 4.69) is 15.6 Å². The number of hydrogen-bond donors (Lipinski definition) is 3. The van der Waals surface area contributed by atoms with Crippen molar-refractivity contribution in [3.8, 4) is 0 Å². The number of aromatic nitrogens is 1. The fourth-order valence-electron chi connectivity index (χ4n) is 4.91. The van der Waals surface area contributed by atoms with E-state index in [-0.39, 0.29) is 28.2 Å². The van der Waals surface area contributed by atoms with Crippen LogP contribution in [0.4, 0.5) is 0 Å². The molecule has 42 heavy (non-hydrogen) atoms. The molecule has 4 N–H and O–H groups in total. The van der Waals surface area contributed by atoms with Crippen LogP contribution in [0.5, 0.6) is 0 Å². The molecule has 1 saturated heterocycles. The number of ketones is 1. The number of nitrogens with one attached hydrogen (secondary N) is 2. The summed E-state index contributed by atoms with van der Waals surface area (Å²) < 4.78 is 28.7. The fourth-order valence-corrected chi connectivity index (χ4v) is 5.43. The first-order chi connectivity index (χ1) is 19.8. The molecule has 1 aromatic heterocycles. The van der Waals surface area contributed by atoms with Gasteiger partial charge in [-0.15, -0.1) is 0 Å². The summed E-state index contributed by atoms with van der Waals surface area (Å²) in [5.41, 5.74) is 1.14. The summed E-state index contributed by atoms with van der Waals surface area (Å²) >= 11 is 0. The summed E-state index contributed by atoms with van der Waals surface area (Å²) in [5, 5.41) is 10.7. The van der Waals surface area contributed by atoms with Crippen molar-refractivity contribution in [2.75, 3.05) is 6.54 Å². The van der Waals surface area contributed by atoms with Crippen molar-refractivity contribution in [2.24, 2.45) is 17.0 Å². The van der Waals surface area contributed by atoms with E-state index < -0.39 is 51.7 Å². The summed E-state index contributed by atoms with van der Waals surface area (Å²) in [7, 11) is -3.92. The molecular weight excluding hydrogens is 562 g/mol. The van der Waals surface area contributed by atoms with Gasteiger partial charge in [-0.05, 0) is 61.1 Å².